The van der Waals surface area contributed by atoms with Crippen LogP contribution in [0.5, 0.6) is 5.75 Å². The van der Waals surface area contributed by atoms with E-state index in [4.69, 9.17) is 4.74 Å². The zero-order chi connectivity index (χ0) is 12.2. The smallest absolute Gasteiger partial charge is 0.748 e. The van der Waals surface area contributed by atoms with Crippen LogP contribution in [-0.4, -0.2) is 25.8 Å². The van der Waals surface area contributed by atoms with E-state index >= 15 is 0 Å². The molecule has 17 heavy (non-hydrogen) atoms. The van der Waals surface area contributed by atoms with Gasteiger partial charge in [0.15, 0.2) is 0 Å². The number of hydrogen-bond donors (Lipinski definition) is 1. The Morgan fingerprint density at radius 2 is 1.88 bits per heavy atom. The first-order valence-electron chi connectivity index (χ1n) is 4.68. The van der Waals surface area contributed by atoms with Gasteiger partial charge in [0.25, 0.3) is 0 Å². The Morgan fingerprint density at radius 1 is 1.35 bits per heavy atom. The van der Waals surface area contributed by atoms with Crippen molar-refractivity contribution in [3.8, 4) is 5.75 Å². The van der Waals surface area contributed by atoms with Crippen LogP contribution in [0.2, 0.25) is 0 Å². The predicted octanol–water partition coefficient (Wildman–Crippen LogP) is -1.39. The van der Waals surface area contributed by atoms with E-state index in [-0.39, 0.29) is 41.2 Å². The van der Waals surface area contributed by atoms with Gasteiger partial charge in [-0.25, -0.2) is 8.42 Å². The van der Waals surface area contributed by atoms with Gasteiger partial charge in [-0.1, -0.05) is 12.1 Å². The molecule has 0 aliphatic heterocycles. The first-order chi connectivity index (χ1) is 7.42. The van der Waals surface area contributed by atoms with Gasteiger partial charge in [-0.15, -0.1) is 0 Å². The average molecular weight is 284 g/mol. The molecule has 0 saturated heterocycles. The Balaban J connectivity index is 0.00000256. The van der Waals surface area contributed by atoms with Crippen LogP contribution in [0.1, 0.15) is 17.2 Å². The van der Waals surface area contributed by atoms with Gasteiger partial charge in [-0.2, -0.15) is 12.6 Å². The predicted molar refractivity (Wildman–Crippen MR) is 63.9 cm³/mol. The number of rotatable bonds is 5. The van der Waals surface area contributed by atoms with Crippen LogP contribution in [0, 0.1) is 0 Å². The maximum atomic E-state index is 10.5. The van der Waals surface area contributed by atoms with E-state index < -0.39 is 15.9 Å². The van der Waals surface area contributed by atoms with Gasteiger partial charge in [0.05, 0.1) is 17.2 Å². The zero-order valence-electron chi connectivity index (χ0n) is 9.79. The molecule has 90 valence electrons. The van der Waals surface area contributed by atoms with Crippen molar-refractivity contribution in [1.29, 1.82) is 0 Å². The molecule has 0 aliphatic carbocycles. The Bertz CT molecular complexity index is 430. The van der Waals surface area contributed by atoms with Crippen molar-refractivity contribution in [2.24, 2.45) is 0 Å². The first kappa shape index (κ1) is 17.3. The second kappa shape index (κ2) is 7.66. The van der Waals surface area contributed by atoms with Crippen LogP contribution in [-0.2, 0) is 10.1 Å². The average Bonchev–Trinajstić information content (AvgIpc) is 2.25. The van der Waals surface area contributed by atoms with Crippen LogP contribution in [0.4, 0.5) is 0 Å². The number of benzene rings is 1. The maximum Gasteiger partial charge on any atom is 1.00 e. The standard InChI is InChI=1S/C10H14O4S2.Na/c1-14-9-4-2-8(3-5-9)10(15)6-7-16(11,12)13;/h2-5,10,15H,6-7H2,1H3,(H,11,12,13);/q;+1/p-1. The largest absolute Gasteiger partial charge is 1.00 e. The van der Waals surface area contributed by atoms with Crippen molar-refractivity contribution in [3.05, 3.63) is 29.8 Å². The van der Waals surface area contributed by atoms with Gasteiger partial charge >= 0.3 is 29.6 Å². The summed E-state index contributed by atoms with van der Waals surface area (Å²) in [5.74, 6) is 0.327. The van der Waals surface area contributed by atoms with E-state index in [9.17, 15) is 13.0 Å². The normalized spacial score (nSPS) is 12.6. The van der Waals surface area contributed by atoms with E-state index in [1.807, 2.05) is 0 Å². The summed E-state index contributed by atoms with van der Waals surface area (Å²) >= 11 is 4.25. The zero-order valence-corrected chi connectivity index (χ0v) is 13.5. The molecule has 7 heteroatoms. The van der Waals surface area contributed by atoms with Crippen LogP contribution in [0.3, 0.4) is 0 Å². The van der Waals surface area contributed by atoms with Crippen LogP contribution >= 0.6 is 12.6 Å². The number of ether oxygens (including phenoxy) is 1. The molecule has 0 spiro atoms. The summed E-state index contributed by atoms with van der Waals surface area (Å²) in [5, 5.41) is -0.255. The monoisotopic (exact) mass is 284 g/mol. The molecule has 0 bridgehead atoms. The van der Waals surface area contributed by atoms with E-state index in [0.29, 0.717) is 0 Å². The van der Waals surface area contributed by atoms with E-state index in [1.54, 1.807) is 31.4 Å². The molecular weight excluding hydrogens is 271 g/mol. The molecule has 1 unspecified atom stereocenters. The van der Waals surface area contributed by atoms with E-state index in [2.05, 4.69) is 12.6 Å². The van der Waals surface area contributed by atoms with Crippen molar-refractivity contribution >= 4 is 22.7 Å². The molecule has 1 aromatic rings. The third-order valence-electron chi connectivity index (χ3n) is 2.14. The Hall–Kier alpha value is 0.280. The van der Waals surface area contributed by atoms with Gasteiger partial charge < -0.3 is 9.29 Å². The minimum atomic E-state index is -4.16. The molecule has 4 nitrogen and oxygen atoms in total. The minimum absolute atomic E-state index is 0. The number of methoxy groups -OCH3 is 1. The molecule has 1 aromatic carbocycles. The molecular formula is C10H13NaO4S2. The van der Waals surface area contributed by atoms with E-state index in [1.165, 1.54) is 0 Å². The van der Waals surface area contributed by atoms with Gasteiger partial charge in [0.2, 0.25) is 0 Å². The minimum Gasteiger partial charge on any atom is -0.748 e. The van der Waals surface area contributed by atoms with Crippen molar-refractivity contribution in [2.75, 3.05) is 12.9 Å². The molecule has 1 rings (SSSR count). The summed E-state index contributed by atoms with van der Waals surface area (Å²) in [6.07, 6.45) is 0.210. The van der Waals surface area contributed by atoms with Gasteiger partial charge in [-0.3, -0.25) is 0 Å². The van der Waals surface area contributed by atoms with Crippen molar-refractivity contribution in [2.45, 2.75) is 11.7 Å². The van der Waals surface area contributed by atoms with Gasteiger partial charge in [0.1, 0.15) is 5.75 Å². The summed E-state index contributed by atoms with van der Waals surface area (Å²) in [6.45, 7) is 0. The maximum absolute atomic E-state index is 10.5. The fraction of sp³-hybridized carbons (Fsp3) is 0.400. The third kappa shape index (κ3) is 6.69. The Morgan fingerprint density at radius 3 is 2.29 bits per heavy atom. The molecule has 0 heterocycles. The van der Waals surface area contributed by atoms with Gasteiger partial charge in [-0.05, 0) is 24.1 Å². The Labute approximate surface area is 129 Å². The fourth-order valence-corrected chi connectivity index (χ4v) is 2.25. The van der Waals surface area contributed by atoms with Crippen LogP contribution in [0.25, 0.3) is 0 Å². The summed E-state index contributed by atoms with van der Waals surface area (Å²) in [4.78, 5) is 0. The molecule has 1 atom stereocenters. The quantitative estimate of drug-likeness (QED) is 0.410. The SMILES string of the molecule is COc1ccc(C(S)CCS(=O)(=O)[O-])cc1.[Na+]. The summed E-state index contributed by atoms with van der Waals surface area (Å²) in [6, 6.07) is 7.14. The second-order valence-electron chi connectivity index (χ2n) is 3.34. The summed E-state index contributed by atoms with van der Waals surface area (Å²) < 4.78 is 36.4. The van der Waals surface area contributed by atoms with Crippen molar-refractivity contribution in [1.82, 2.24) is 0 Å². The molecule has 0 fully saturated rings. The summed E-state index contributed by atoms with van der Waals surface area (Å²) in [5.41, 5.74) is 0.868. The molecule has 0 radical (unpaired) electrons. The topological polar surface area (TPSA) is 66.4 Å². The van der Waals surface area contributed by atoms with Gasteiger partial charge in [0, 0.05) is 11.0 Å². The third-order valence-corrected chi connectivity index (χ3v) is 3.43. The van der Waals surface area contributed by atoms with Crippen molar-refractivity contribution in [3.63, 3.8) is 0 Å². The fourth-order valence-electron chi connectivity index (χ4n) is 1.25. The molecule has 0 aromatic heterocycles. The second-order valence-corrected chi connectivity index (χ2v) is 5.49. The molecule has 0 saturated carbocycles. The van der Waals surface area contributed by atoms with Crippen LogP contribution < -0.4 is 34.3 Å². The molecule has 0 amide bonds. The Kier molecular flexibility index (Phi) is 7.78. The molecule has 0 aliphatic rings. The number of hydrogen-bond acceptors (Lipinski definition) is 5. The summed E-state index contributed by atoms with van der Waals surface area (Å²) in [7, 11) is -2.60. The van der Waals surface area contributed by atoms with Crippen molar-refractivity contribution < 1.29 is 47.3 Å². The number of thiol groups is 1. The first-order valence-corrected chi connectivity index (χ1v) is 6.77. The van der Waals surface area contributed by atoms with E-state index in [0.717, 1.165) is 11.3 Å². The van der Waals surface area contributed by atoms with Crippen LogP contribution in [0.15, 0.2) is 24.3 Å². The molecule has 0 N–H and O–H groups in total.